The van der Waals surface area contributed by atoms with Gasteiger partial charge in [-0.15, -0.1) is 0 Å². The van der Waals surface area contributed by atoms with E-state index in [1.807, 2.05) is 30.5 Å². The van der Waals surface area contributed by atoms with Crippen LogP contribution in [0.3, 0.4) is 0 Å². The number of aromatic nitrogens is 1. The van der Waals surface area contributed by atoms with Crippen molar-refractivity contribution in [3.63, 3.8) is 0 Å². The van der Waals surface area contributed by atoms with Crippen LogP contribution in [0, 0.1) is 5.92 Å². The van der Waals surface area contributed by atoms with E-state index in [-0.39, 0.29) is 12.3 Å². The summed E-state index contributed by atoms with van der Waals surface area (Å²) in [5, 5.41) is 10.7. The smallest absolute Gasteiger partial charge is 0.309 e. The SMILES string of the molecule is CN1C(=O)C[C@@H](C(=O)O)C12CCN(c1ccnc3ccccc13)CC2. The Balaban J connectivity index is 1.63. The highest BCUT2D eigenvalue weighted by Crippen LogP contribution is 2.44. The molecule has 2 saturated heterocycles. The minimum Gasteiger partial charge on any atom is -0.481 e. The third-order valence-corrected chi connectivity index (χ3v) is 5.96. The molecule has 1 aromatic carbocycles. The van der Waals surface area contributed by atoms with Gasteiger partial charge in [-0.05, 0) is 25.0 Å². The summed E-state index contributed by atoms with van der Waals surface area (Å²) in [6.45, 7) is 1.46. The van der Waals surface area contributed by atoms with Gasteiger partial charge in [0.15, 0.2) is 0 Å². The van der Waals surface area contributed by atoms with E-state index in [1.54, 1.807) is 11.9 Å². The third-order valence-electron chi connectivity index (χ3n) is 5.96. The summed E-state index contributed by atoms with van der Waals surface area (Å²) in [6, 6.07) is 10.0. The van der Waals surface area contributed by atoms with Crippen LogP contribution in [0.2, 0.25) is 0 Å². The molecule has 1 spiro atoms. The van der Waals surface area contributed by atoms with Crippen LogP contribution >= 0.6 is 0 Å². The van der Waals surface area contributed by atoms with E-state index >= 15 is 0 Å². The predicted octanol–water partition coefficient (Wildman–Crippen LogP) is 2.14. The number of nitrogens with zero attached hydrogens (tertiary/aromatic N) is 3. The Labute approximate surface area is 146 Å². The first kappa shape index (κ1) is 15.9. The first-order valence-electron chi connectivity index (χ1n) is 8.61. The maximum atomic E-state index is 12.1. The topological polar surface area (TPSA) is 73.7 Å². The first-order chi connectivity index (χ1) is 12.0. The second-order valence-electron chi connectivity index (χ2n) is 6.99. The molecule has 0 radical (unpaired) electrons. The largest absolute Gasteiger partial charge is 0.481 e. The highest BCUT2D eigenvalue weighted by molar-refractivity contribution is 5.92. The summed E-state index contributed by atoms with van der Waals surface area (Å²) in [4.78, 5) is 32.2. The third kappa shape index (κ3) is 2.35. The van der Waals surface area contributed by atoms with Gasteiger partial charge in [-0.3, -0.25) is 14.6 Å². The van der Waals surface area contributed by atoms with Gasteiger partial charge in [0.1, 0.15) is 0 Å². The number of rotatable bonds is 2. The van der Waals surface area contributed by atoms with Crippen molar-refractivity contribution in [3.8, 4) is 0 Å². The quantitative estimate of drug-likeness (QED) is 0.907. The fourth-order valence-electron chi connectivity index (χ4n) is 4.48. The number of carbonyl (C=O) groups excluding carboxylic acids is 1. The lowest BCUT2D eigenvalue weighted by molar-refractivity contribution is -0.145. The average Bonchev–Trinajstić information content (AvgIpc) is 2.87. The van der Waals surface area contributed by atoms with Crippen molar-refractivity contribution < 1.29 is 14.7 Å². The van der Waals surface area contributed by atoms with Gasteiger partial charge in [0.05, 0.1) is 17.0 Å². The van der Waals surface area contributed by atoms with E-state index in [0.29, 0.717) is 12.8 Å². The van der Waals surface area contributed by atoms with Gasteiger partial charge >= 0.3 is 5.97 Å². The molecular weight excluding hydrogens is 318 g/mol. The molecule has 2 aliphatic rings. The molecule has 0 saturated carbocycles. The molecule has 0 bridgehead atoms. The van der Waals surface area contributed by atoms with E-state index in [1.165, 1.54) is 0 Å². The molecule has 1 atom stereocenters. The van der Waals surface area contributed by atoms with Gasteiger partial charge in [-0.2, -0.15) is 0 Å². The molecule has 6 heteroatoms. The second kappa shape index (κ2) is 5.72. The standard InChI is InChI=1S/C19H21N3O3/c1-21-17(23)12-14(18(24)25)19(21)7-10-22(11-8-19)16-6-9-20-15-5-3-2-4-13(15)16/h2-6,9,14H,7-8,10-12H2,1H3,(H,24,25)/t14-/m0/s1. The maximum Gasteiger partial charge on any atom is 0.309 e. The monoisotopic (exact) mass is 339 g/mol. The van der Waals surface area contributed by atoms with Crippen molar-refractivity contribution in [2.24, 2.45) is 5.92 Å². The number of pyridine rings is 1. The number of anilines is 1. The molecule has 2 aromatic rings. The van der Waals surface area contributed by atoms with Crippen LogP contribution in [-0.2, 0) is 9.59 Å². The zero-order valence-corrected chi connectivity index (χ0v) is 14.2. The molecule has 25 heavy (non-hydrogen) atoms. The number of fused-ring (bicyclic) bond motifs is 1. The number of hydrogen-bond acceptors (Lipinski definition) is 4. The summed E-state index contributed by atoms with van der Waals surface area (Å²) in [6.07, 6.45) is 3.27. The fraction of sp³-hybridized carbons (Fsp3) is 0.421. The fourth-order valence-corrected chi connectivity index (χ4v) is 4.48. The molecule has 2 fully saturated rings. The summed E-state index contributed by atoms with van der Waals surface area (Å²) in [5.74, 6) is -1.53. The van der Waals surface area contributed by atoms with Gasteiger partial charge < -0.3 is 14.9 Å². The minimum atomic E-state index is -0.861. The van der Waals surface area contributed by atoms with E-state index in [4.69, 9.17) is 0 Å². The van der Waals surface area contributed by atoms with Crippen molar-refractivity contribution in [1.82, 2.24) is 9.88 Å². The van der Waals surface area contributed by atoms with Crippen molar-refractivity contribution in [2.75, 3.05) is 25.0 Å². The summed E-state index contributed by atoms with van der Waals surface area (Å²) in [5.41, 5.74) is 1.53. The molecule has 1 N–H and O–H groups in total. The minimum absolute atomic E-state index is 0.0600. The van der Waals surface area contributed by atoms with Crippen molar-refractivity contribution in [2.45, 2.75) is 24.8 Å². The molecule has 1 aromatic heterocycles. The molecule has 130 valence electrons. The second-order valence-corrected chi connectivity index (χ2v) is 6.99. The molecule has 0 aliphatic carbocycles. The molecule has 2 aliphatic heterocycles. The molecule has 4 rings (SSSR count). The number of piperidine rings is 1. The van der Waals surface area contributed by atoms with Gasteiger partial charge in [0, 0.05) is 43.8 Å². The molecule has 6 nitrogen and oxygen atoms in total. The normalized spacial score (nSPS) is 22.8. The number of aliphatic carboxylic acids is 1. The van der Waals surface area contributed by atoms with Crippen molar-refractivity contribution >= 4 is 28.5 Å². The number of hydrogen-bond donors (Lipinski definition) is 1. The number of benzene rings is 1. The lowest BCUT2D eigenvalue weighted by Gasteiger charge is -2.46. The number of para-hydroxylation sites is 1. The first-order valence-corrected chi connectivity index (χ1v) is 8.61. The van der Waals surface area contributed by atoms with Gasteiger partial charge in [0.2, 0.25) is 5.91 Å². The van der Waals surface area contributed by atoms with Crippen LogP contribution in [0.25, 0.3) is 10.9 Å². The number of carboxylic acid groups (broad SMARTS) is 1. The van der Waals surface area contributed by atoms with Gasteiger partial charge in [-0.1, -0.05) is 18.2 Å². The highest BCUT2D eigenvalue weighted by atomic mass is 16.4. The van der Waals surface area contributed by atoms with Crippen LogP contribution in [0.1, 0.15) is 19.3 Å². The maximum absolute atomic E-state index is 12.1. The Morgan fingerprint density at radius 3 is 2.68 bits per heavy atom. The Hall–Kier alpha value is -2.63. The summed E-state index contributed by atoms with van der Waals surface area (Å²) < 4.78 is 0. The predicted molar refractivity (Wildman–Crippen MR) is 94.4 cm³/mol. The van der Waals surface area contributed by atoms with E-state index < -0.39 is 17.4 Å². The number of carbonyl (C=O) groups is 2. The van der Waals surface area contributed by atoms with Crippen LogP contribution in [0.15, 0.2) is 36.5 Å². The van der Waals surface area contributed by atoms with Crippen LogP contribution < -0.4 is 4.90 Å². The van der Waals surface area contributed by atoms with E-state index in [2.05, 4.69) is 16.0 Å². The number of amides is 1. The van der Waals surface area contributed by atoms with Crippen LogP contribution in [0.4, 0.5) is 5.69 Å². The summed E-state index contributed by atoms with van der Waals surface area (Å²) in [7, 11) is 1.75. The lowest BCUT2D eigenvalue weighted by Crippen LogP contribution is -2.56. The van der Waals surface area contributed by atoms with Crippen molar-refractivity contribution in [1.29, 1.82) is 0 Å². The Kier molecular flexibility index (Phi) is 3.63. The van der Waals surface area contributed by atoms with Crippen LogP contribution in [0.5, 0.6) is 0 Å². The van der Waals surface area contributed by atoms with Crippen LogP contribution in [-0.4, -0.2) is 52.5 Å². The molecular formula is C19H21N3O3. The molecule has 3 heterocycles. The van der Waals surface area contributed by atoms with Gasteiger partial charge in [0.25, 0.3) is 0 Å². The highest BCUT2D eigenvalue weighted by Gasteiger charge is 2.55. The Morgan fingerprint density at radius 2 is 1.96 bits per heavy atom. The zero-order valence-electron chi connectivity index (χ0n) is 14.2. The van der Waals surface area contributed by atoms with Gasteiger partial charge in [-0.25, -0.2) is 0 Å². The lowest BCUT2D eigenvalue weighted by atomic mass is 9.77. The average molecular weight is 339 g/mol. The van der Waals surface area contributed by atoms with E-state index in [0.717, 1.165) is 29.7 Å². The van der Waals surface area contributed by atoms with Crippen molar-refractivity contribution in [3.05, 3.63) is 36.5 Å². The molecule has 1 amide bonds. The Morgan fingerprint density at radius 1 is 1.24 bits per heavy atom. The van der Waals surface area contributed by atoms with E-state index in [9.17, 15) is 14.7 Å². The Bertz CT molecular complexity index is 837. The molecule has 0 unspecified atom stereocenters. The number of carboxylic acids is 1. The zero-order chi connectivity index (χ0) is 17.6. The number of likely N-dealkylation sites (tertiary alicyclic amines) is 1. The summed E-state index contributed by atoms with van der Waals surface area (Å²) >= 11 is 0.